The van der Waals surface area contributed by atoms with Crippen molar-refractivity contribution in [3.63, 3.8) is 0 Å². The molecular formula is C8H11NO3. The van der Waals surface area contributed by atoms with Crippen LogP contribution in [0.25, 0.3) is 0 Å². The van der Waals surface area contributed by atoms with E-state index in [1.165, 1.54) is 0 Å². The largest absolute Gasteiger partial charge is 0.374 e. The molecule has 0 saturated heterocycles. The highest BCUT2D eigenvalue weighted by atomic mass is 16.6. The van der Waals surface area contributed by atoms with Crippen LogP contribution in [0, 0.1) is 22.0 Å². The van der Waals surface area contributed by atoms with Gasteiger partial charge < -0.3 is 4.74 Å². The van der Waals surface area contributed by atoms with E-state index in [1.807, 2.05) is 12.2 Å². The van der Waals surface area contributed by atoms with Gasteiger partial charge in [0, 0.05) is 23.9 Å². The number of hydrogen-bond donors (Lipinski definition) is 0. The summed E-state index contributed by atoms with van der Waals surface area (Å²) in [4.78, 5) is 10.4. The molecule has 0 amide bonds. The molecule has 12 heavy (non-hydrogen) atoms. The van der Waals surface area contributed by atoms with Gasteiger partial charge in [0.1, 0.15) is 6.10 Å². The third kappa shape index (κ3) is 0.876. The summed E-state index contributed by atoms with van der Waals surface area (Å²) in [6.45, 7) is 0. The first-order valence-corrected chi connectivity index (χ1v) is 4.08. The topological polar surface area (TPSA) is 52.4 Å². The quantitative estimate of drug-likeness (QED) is 0.350. The number of hydrogen-bond acceptors (Lipinski definition) is 3. The summed E-state index contributed by atoms with van der Waals surface area (Å²) in [6.07, 6.45) is 4.69. The first kappa shape index (κ1) is 7.73. The predicted octanol–water partition coefficient (Wildman–Crippen LogP) is 0.853. The first-order chi connectivity index (χ1) is 5.74. The van der Waals surface area contributed by atoms with Crippen LogP contribution in [0.1, 0.15) is 6.42 Å². The van der Waals surface area contributed by atoms with Crippen molar-refractivity contribution in [2.24, 2.45) is 11.8 Å². The van der Waals surface area contributed by atoms with Crippen LogP contribution >= 0.6 is 0 Å². The number of ether oxygens (including phenoxy) is 1. The Labute approximate surface area is 70.4 Å². The molecule has 0 aliphatic heterocycles. The molecule has 66 valence electrons. The van der Waals surface area contributed by atoms with Gasteiger partial charge >= 0.3 is 0 Å². The molecule has 2 aliphatic rings. The molecule has 0 radical (unpaired) electrons. The minimum absolute atomic E-state index is 0.106. The van der Waals surface area contributed by atoms with Gasteiger partial charge in [0.25, 0.3) is 0 Å². The van der Waals surface area contributed by atoms with Crippen LogP contribution in [0.2, 0.25) is 0 Å². The van der Waals surface area contributed by atoms with Crippen molar-refractivity contribution in [1.82, 2.24) is 0 Å². The highest BCUT2D eigenvalue weighted by molar-refractivity contribution is 5.15. The van der Waals surface area contributed by atoms with Gasteiger partial charge in [-0.15, -0.1) is 0 Å². The molecule has 0 heterocycles. The van der Waals surface area contributed by atoms with Gasteiger partial charge in [-0.2, -0.15) is 0 Å². The minimum atomic E-state index is -0.509. The van der Waals surface area contributed by atoms with Crippen LogP contribution < -0.4 is 0 Å². The number of rotatable bonds is 2. The summed E-state index contributed by atoms with van der Waals surface area (Å²) in [5.41, 5.74) is 0. The van der Waals surface area contributed by atoms with Gasteiger partial charge in [0.15, 0.2) is 0 Å². The molecule has 1 saturated carbocycles. The van der Waals surface area contributed by atoms with E-state index in [9.17, 15) is 10.1 Å². The molecule has 2 aliphatic carbocycles. The summed E-state index contributed by atoms with van der Waals surface area (Å²) in [5, 5.41) is 10.7. The zero-order valence-electron chi connectivity index (χ0n) is 6.84. The van der Waals surface area contributed by atoms with Gasteiger partial charge in [-0.05, 0) is 6.42 Å². The van der Waals surface area contributed by atoms with Crippen molar-refractivity contribution >= 4 is 0 Å². The molecule has 0 spiro atoms. The summed E-state index contributed by atoms with van der Waals surface area (Å²) >= 11 is 0. The third-order valence-corrected chi connectivity index (χ3v) is 2.86. The van der Waals surface area contributed by atoms with Crippen molar-refractivity contribution in [2.45, 2.75) is 18.6 Å². The van der Waals surface area contributed by atoms with E-state index in [-0.39, 0.29) is 22.9 Å². The maximum atomic E-state index is 10.7. The molecule has 4 nitrogen and oxygen atoms in total. The lowest BCUT2D eigenvalue weighted by atomic mass is 9.99. The molecule has 2 bridgehead atoms. The second-order valence-corrected chi connectivity index (χ2v) is 3.42. The van der Waals surface area contributed by atoms with Gasteiger partial charge in [-0.25, -0.2) is 0 Å². The standard InChI is InChI=1S/C8H11NO3/c1-12-8-6-3-2-5(4-6)7(8)9(10)11/h2-3,5-8H,4H2,1H3/t5?,6?,7-,8?/m1/s1. The molecule has 4 atom stereocenters. The Bertz CT molecular complexity index is 238. The fourth-order valence-electron chi connectivity index (χ4n) is 2.34. The molecule has 2 rings (SSSR count). The monoisotopic (exact) mass is 169 g/mol. The van der Waals surface area contributed by atoms with Crippen molar-refractivity contribution in [2.75, 3.05) is 7.11 Å². The van der Waals surface area contributed by atoms with Crippen LogP contribution in [-0.2, 0) is 4.74 Å². The zero-order valence-corrected chi connectivity index (χ0v) is 6.84. The fraction of sp³-hybridized carbons (Fsp3) is 0.750. The average Bonchev–Trinajstić information content (AvgIpc) is 2.60. The lowest BCUT2D eigenvalue weighted by molar-refractivity contribution is -0.538. The molecular weight excluding hydrogens is 158 g/mol. The van der Waals surface area contributed by atoms with E-state index in [1.54, 1.807) is 7.11 Å². The van der Waals surface area contributed by atoms with Gasteiger partial charge in [0.05, 0.1) is 0 Å². The second kappa shape index (κ2) is 2.55. The van der Waals surface area contributed by atoms with Crippen molar-refractivity contribution in [1.29, 1.82) is 0 Å². The molecule has 3 unspecified atom stereocenters. The summed E-state index contributed by atoms with van der Waals surface area (Å²) in [5.74, 6) is 0.380. The smallest absolute Gasteiger partial charge is 0.245 e. The normalized spacial score (nSPS) is 43.8. The van der Waals surface area contributed by atoms with E-state index in [4.69, 9.17) is 4.74 Å². The van der Waals surface area contributed by atoms with E-state index in [0.29, 0.717) is 0 Å². The Morgan fingerprint density at radius 3 is 2.67 bits per heavy atom. The fourth-order valence-corrected chi connectivity index (χ4v) is 2.34. The van der Waals surface area contributed by atoms with E-state index in [0.717, 1.165) is 6.42 Å². The Morgan fingerprint density at radius 2 is 2.17 bits per heavy atom. The summed E-state index contributed by atoms with van der Waals surface area (Å²) < 4.78 is 5.13. The first-order valence-electron chi connectivity index (χ1n) is 4.08. The maximum Gasteiger partial charge on any atom is 0.245 e. The van der Waals surface area contributed by atoms with E-state index in [2.05, 4.69) is 0 Å². The summed E-state index contributed by atoms with van der Waals surface area (Å²) in [7, 11) is 1.55. The SMILES string of the molecule is COC1C2C=CC(C2)[C@H]1[N+](=O)[O-]. The third-order valence-electron chi connectivity index (χ3n) is 2.86. The van der Waals surface area contributed by atoms with Crippen LogP contribution in [0.15, 0.2) is 12.2 Å². The molecule has 0 N–H and O–H groups in total. The van der Waals surface area contributed by atoms with Crippen LogP contribution in [0.5, 0.6) is 0 Å². The Balaban J connectivity index is 2.23. The highest BCUT2D eigenvalue weighted by Crippen LogP contribution is 2.41. The van der Waals surface area contributed by atoms with Gasteiger partial charge in [-0.1, -0.05) is 12.2 Å². The maximum absolute atomic E-state index is 10.7. The highest BCUT2D eigenvalue weighted by Gasteiger charge is 2.52. The number of fused-ring (bicyclic) bond motifs is 2. The van der Waals surface area contributed by atoms with Crippen molar-refractivity contribution in [3.8, 4) is 0 Å². The van der Waals surface area contributed by atoms with Crippen LogP contribution in [0.3, 0.4) is 0 Å². The predicted molar refractivity (Wildman–Crippen MR) is 42.3 cm³/mol. The second-order valence-electron chi connectivity index (χ2n) is 3.42. The van der Waals surface area contributed by atoms with E-state index >= 15 is 0 Å². The number of nitro groups is 1. The molecule has 0 aromatic carbocycles. The van der Waals surface area contributed by atoms with E-state index < -0.39 is 6.04 Å². The lowest BCUT2D eigenvalue weighted by Crippen LogP contribution is -2.38. The Hall–Kier alpha value is -0.900. The molecule has 0 aromatic rings. The lowest BCUT2D eigenvalue weighted by Gasteiger charge is -2.19. The number of methoxy groups -OCH3 is 1. The molecule has 0 aromatic heterocycles. The van der Waals surface area contributed by atoms with Crippen LogP contribution in [-0.4, -0.2) is 24.2 Å². The minimum Gasteiger partial charge on any atom is -0.374 e. The zero-order chi connectivity index (χ0) is 8.72. The Morgan fingerprint density at radius 1 is 1.50 bits per heavy atom. The molecule has 1 fully saturated rings. The van der Waals surface area contributed by atoms with Crippen molar-refractivity contribution in [3.05, 3.63) is 22.3 Å². The Kier molecular flexibility index (Phi) is 1.65. The van der Waals surface area contributed by atoms with Crippen molar-refractivity contribution < 1.29 is 9.66 Å². The van der Waals surface area contributed by atoms with Gasteiger partial charge in [-0.3, -0.25) is 10.1 Å². The van der Waals surface area contributed by atoms with Crippen LogP contribution in [0.4, 0.5) is 0 Å². The number of nitrogens with zero attached hydrogens (tertiary/aromatic N) is 1. The average molecular weight is 169 g/mol. The molecule has 4 heteroatoms. The summed E-state index contributed by atoms with van der Waals surface area (Å²) in [6, 6.07) is -0.509. The van der Waals surface area contributed by atoms with Gasteiger partial charge in [0.2, 0.25) is 6.04 Å².